The minimum atomic E-state index is -0.749. The number of piperidine rings is 1. The molecule has 1 unspecified atom stereocenters. The smallest absolute Gasteiger partial charge is 0.272 e. The van der Waals surface area contributed by atoms with Crippen LogP contribution in [0.25, 0.3) is 0 Å². The number of carbonyl (C=O) groups excluding carboxylic acids is 3. The summed E-state index contributed by atoms with van der Waals surface area (Å²) in [4.78, 5) is 42.0. The van der Waals surface area contributed by atoms with Crippen LogP contribution in [0.4, 0.5) is 5.82 Å². The van der Waals surface area contributed by atoms with Gasteiger partial charge in [-0.2, -0.15) is 0 Å². The van der Waals surface area contributed by atoms with Gasteiger partial charge in [0.05, 0.1) is 12.4 Å². The van der Waals surface area contributed by atoms with Gasteiger partial charge < -0.3 is 10.7 Å². The molecule has 1 atom stereocenters. The van der Waals surface area contributed by atoms with E-state index in [-0.39, 0.29) is 30.3 Å². The van der Waals surface area contributed by atoms with E-state index < -0.39 is 17.9 Å². The Morgan fingerprint density at radius 3 is 2.89 bits per heavy atom. The fourth-order valence-corrected chi connectivity index (χ4v) is 1.61. The third-order valence-electron chi connectivity index (χ3n) is 2.56. The van der Waals surface area contributed by atoms with E-state index in [9.17, 15) is 14.4 Å². The SMILES string of the molecule is NNc1cncc(C(=O)NC2CCC(=O)NC2=O)n1. The molecule has 1 saturated heterocycles. The van der Waals surface area contributed by atoms with Crippen molar-refractivity contribution in [1.82, 2.24) is 20.6 Å². The molecule has 9 nitrogen and oxygen atoms in total. The Morgan fingerprint density at radius 1 is 1.42 bits per heavy atom. The molecule has 3 amide bonds. The van der Waals surface area contributed by atoms with E-state index in [4.69, 9.17) is 5.84 Å². The molecule has 0 aromatic carbocycles. The Bertz CT molecular complexity index is 532. The second-order valence-electron chi connectivity index (χ2n) is 3.91. The van der Waals surface area contributed by atoms with Gasteiger partial charge in [0.15, 0.2) is 5.82 Å². The van der Waals surface area contributed by atoms with E-state index in [2.05, 4.69) is 26.0 Å². The maximum atomic E-state index is 11.9. The Kier molecular flexibility index (Phi) is 3.66. The number of nitrogens with two attached hydrogens (primary N) is 1. The number of amides is 3. The van der Waals surface area contributed by atoms with Gasteiger partial charge >= 0.3 is 0 Å². The number of aromatic nitrogens is 2. The summed E-state index contributed by atoms with van der Waals surface area (Å²) in [6.45, 7) is 0. The summed E-state index contributed by atoms with van der Waals surface area (Å²) in [7, 11) is 0. The van der Waals surface area contributed by atoms with Crippen LogP contribution in [0, 0.1) is 0 Å². The summed E-state index contributed by atoms with van der Waals surface area (Å²) in [5.41, 5.74) is 2.29. The molecule has 2 rings (SSSR count). The maximum absolute atomic E-state index is 11.9. The van der Waals surface area contributed by atoms with E-state index in [1.807, 2.05) is 0 Å². The van der Waals surface area contributed by atoms with Crippen molar-refractivity contribution in [3.05, 3.63) is 18.1 Å². The van der Waals surface area contributed by atoms with Crippen molar-refractivity contribution < 1.29 is 14.4 Å². The lowest BCUT2D eigenvalue weighted by atomic mass is 10.1. The fraction of sp³-hybridized carbons (Fsp3) is 0.300. The number of rotatable bonds is 3. The highest BCUT2D eigenvalue weighted by atomic mass is 16.2. The molecule has 0 aliphatic carbocycles. The summed E-state index contributed by atoms with van der Waals surface area (Å²) in [6.07, 6.45) is 3.05. The van der Waals surface area contributed by atoms with Gasteiger partial charge in [0.25, 0.3) is 5.91 Å². The van der Waals surface area contributed by atoms with Crippen LogP contribution in [-0.2, 0) is 9.59 Å². The van der Waals surface area contributed by atoms with Gasteiger partial charge in [-0.25, -0.2) is 10.8 Å². The predicted molar refractivity (Wildman–Crippen MR) is 63.5 cm³/mol. The highest BCUT2D eigenvalue weighted by Crippen LogP contribution is 2.06. The average molecular weight is 264 g/mol. The molecule has 0 radical (unpaired) electrons. The maximum Gasteiger partial charge on any atom is 0.272 e. The summed E-state index contributed by atoms with van der Waals surface area (Å²) >= 11 is 0. The molecule has 2 heterocycles. The minimum Gasteiger partial charge on any atom is -0.339 e. The Balaban J connectivity index is 2.04. The lowest BCUT2D eigenvalue weighted by molar-refractivity contribution is -0.134. The zero-order valence-electron chi connectivity index (χ0n) is 9.84. The molecule has 19 heavy (non-hydrogen) atoms. The number of hydrazine groups is 1. The number of imide groups is 1. The van der Waals surface area contributed by atoms with E-state index in [1.54, 1.807) is 0 Å². The molecule has 0 saturated carbocycles. The molecule has 1 aliphatic rings. The van der Waals surface area contributed by atoms with E-state index in [0.29, 0.717) is 0 Å². The van der Waals surface area contributed by atoms with Crippen molar-refractivity contribution in [3.8, 4) is 0 Å². The average Bonchev–Trinajstić information content (AvgIpc) is 2.42. The third-order valence-corrected chi connectivity index (χ3v) is 2.56. The highest BCUT2D eigenvalue weighted by Gasteiger charge is 2.28. The molecular weight excluding hydrogens is 252 g/mol. The quantitative estimate of drug-likeness (QED) is 0.290. The zero-order valence-corrected chi connectivity index (χ0v) is 9.84. The lowest BCUT2D eigenvalue weighted by Crippen LogP contribution is -2.52. The molecule has 9 heteroatoms. The van der Waals surface area contributed by atoms with Crippen molar-refractivity contribution in [2.75, 3.05) is 5.43 Å². The van der Waals surface area contributed by atoms with Gasteiger partial charge in [-0.05, 0) is 6.42 Å². The summed E-state index contributed by atoms with van der Waals surface area (Å²) in [6, 6.07) is -0.749. The molecule has 100 valence electrons. The molecule has 0 spiro atoms. The normalized spacial score (nSPS) is 18.7. The van der Waals surface area contributed by atoms with Gasteiger partial charge in [-0.15, -0.1) is 0 Å². The highest BCUT2D eigenvalue weighted by molar-refractivity contribution is 6.03. The number of nitrogen functional groups attached to an aromatic ring is 1. The van der Waals surface area contributed by atoms with Crippen molar-refractivity contribution >= 4 is 23.5 Å². The van der Waals surface area contributed by atoms with Crippen LogP contribution in [0.15, 0.2) is 12.4 Å². The van der Waals surface area contributed by atoms with Crippen molar-refractivity contribution in [2.45, 2.75) is 18.9 Å². The molecule has 1 aromatic rings. The van der Waals surface area contributed by atoms with Crippen LogP contribution in [0.5, 0.6) is 0 Å². The Labute approximate surface area is 107 Å². The second-order valence-corrected chi connectivity index (χ2v) is 3.91. The topological polar surface area (TPSA) is 139 Å². The number of nitrogens with one attached hydrogen (secondary N) is 3. The first-order valence-corrected chi connectivity index (χ1v) is 5.53. The first-order chi connectivity index (χ1) is 9.10. The van der Waals surface area contributed by atoms with Crippen LogP contribution < -0.4 is 21.9 Å². The number of hydrogen-bond acceptors (Lipinski definition) is 7. The van der Waals surface area contributed by atoms with Gasteiger partial charge in [-0.3, -0.25) is 24.7 Å². The van der Waals surface area contributed by atoms with E-state index >= 15 is 0 Å². The number of nitrogens with zero attached hydrogens (tertiary/aromatic N) is 2. The van der Waals surface area contributed by atoms with Crippen molar-refractivity contribution in [3.63, 3.8) is 0 Å². The monoisotopic (exact) mass is 264 g/mol. The standard InChI is InChI=1S/C10H12N6O3/c11-16-7-4-12-3-6(13-7)10(19)14-5-1-2-8(17)15-9(5)18/h3-5H,1-2,11H2,(H,13,16)(H,14,19)(H,15,17,18). The molecule has 1 fully saturated rings. The van der Waals surface area contributed by atoms with Crippen molar-refractivity contribution in [2.24, 2.45) is 5.84 Å². The van der Waals surface area contributed by atoms with Gasteiger partial charge in [-0.1, -0.05) is 0 Å². The van der Waals surface area contributed by atoms with E-state index in [1.165, 1.54) is 12.4 Å². The first kappa shape index (κ1) is 12.9. The molecule has 1 aliphatic heterocycles. The van der Waals surface area contributed by atoms with Crippen LogP contribution in [0.2, 0.25) is 0 Å². The number of carbonyl (C=O) groups is 3. The van der Waals surface area contributed by atoms with Gasteiger partial charge in [0.2, 0.25) is 11.8 Å². The second kappa shape index (κ2) is 5.40. The van der Waals surface area contributed by atoms with Crippen LogP contribution in [-0.4, -0.2) is 33.7 Å². The van der Waals surface area contributed by atoms with Crippen LogP contribution in [0.1, 0.15) is 23.3 Å². The number of anilines is 1. The number of hydrogen-bond donors (Lipinski definition) is 4. The molecule has 1 aromatic heterocycles. The van der Waals surface area contributed by atoms with Gasteiger partial charge in [0, 0.05) is 6.42 Å². The fourth-order valence-electron chi connectivity index (χ4n) is 1.61. The lowest BCUT2D eigenvalue weighted by Gasteiger charge is -2.21. The summed E-state index contributed by atoms with van der Waals surface area (Å²) in [5, 5.41) is 4.63. The van der Waals surface area contributed by atoms with Gasteiger partial charge in [0.1, 0.15) is 11.7 Å². The largest absolute Gasteiger partial charge is 0.339 e. The zero-order chi connectivity index (χ0) is 13.8. The molecule has 5 N–H and O–H groups in total. The molecule has 0 bridgehead atoms. The first-order valence-electron chi connectivity index (χ1n) is 5.53. The Morgan fingerprint density at radius 2 is 2.21 bits per heavy atom. The van der Waals surface area contributed by atoms with Crippen LogP contribution >= 0.6 is 0 Å². The third kappa shape index (κ3) is 3.01. The molecular formula is C10H12N6O3. The van der Waals surface area contributed by atoms with Crippen LogP contribution in [0.3, 0.4) is 0 Å². The summed E-state index contributed by atoms with van der Waals surface area (Å²) < 4.78 is 0. The minimum absolute atomic E-state index is 0.0279. The summed E-state index contributed by atoms with van der Waals surface area (Å²) in [5.74, 6) is 3.97. The van der Waals surface area contributed by atoms with E-state index in [0.717, 1.165) is 0 Å². The predicted octanol–water partition coefficient (Wildman–Crippen LogP) is -1.70. The van der Waals surface area contributed by atoms with Crippen molar-refractivity contribution in [1.29, 1.82) is 0 Å². The Hall–Kier alpha value is -2.55.